The van der Waals surface area contributed by atoms with Crippen molar-refractivity contribution in [2.24, 2.45) is 5.10 Å². The summed E-state index contributed by atoms with van der Waals surface area (Å²) in [6, 6.07) is 15.5. The van der Waals surface area contributed by atoms with Crippen LogP contribution in [-0.4, -0.2) is 30.2 Å². The maximum atomic E-state index is 12.8. The number of hydrogen-bond acceptors (Lipinski definition) is 5. The number of benzene rings is 3. The highest BCUT2D eigenvalue weighted by molar-refractivity contribution is 6.40. The summed E-state index contributed by atoms with van der Waals surface area (Å²) in [4.78, 5) is 37.8. The average Bonchev–Trinajstić information content (AvgIpc) is 3.17. The first-order valence-electron chi connectivity index (χ1n) is 11.4. The molecule has 0 spiro atoms. The minimum Gasteiger partial charge on any atom is -0.483 e. The van der Waals surface area contributed by atoms with Crippen LogP contribution in [0, 0.1) is 20.8 Å². The molecule has 0 unspecified atom stereocenters. The highest BCUT2D eigenvalue weighted by atomic mass is 35.5. The quantitative estimate of drug-likeness (QED) is 0.437. The van der Waals surface area contributed by atoms with E-state index in [2.05, 4.69) is 15.7 Å². The lowest BCUT2D eigenvalue weighted by Crippen LogP contribution is -2.29. The van der Waals surface area contributed by atoms with Crippen LogP contribution in [0.1, 0.15) is 33.5 Å². The van der Waals surface area contributed by atoms with Gasteiger partial charge in [-0.1, -0.05) is 47.0 Å². The maximum absolute atomic E-state index is 12.8. The number of hydrazone groups is 1. The van der Waals surface area contributed by atoms with Gasteiger partial charge in [0.25, 0.3) is 17.7 Å². The van der Waals surface area contributed by atoms with Gasteiger partial charge in [0.2, 0.25) is 0 Å². The molecule has 3 aromatic carbocycles. The van der Waals surface area contributed by atoms with Gasteiger partial charge < -0.3 is 15.4 Å². The predicted molar refractivity (Wildman–Crippen MR) is 145 cm³/mol. The first-order valence-corrected chi connectivity index (χ1v) is 12.1. The number of amides is 3. The molecule has 0 bridgehead atoms. The molecule has 0 saturated carbocycles. The summed E-state index contributed by atoms with van der Waals surface area (Å²) in [6.45, 7) is 5.54. The van der Waals surface area contributed by atoms with Crippen LogP contribution < -0.4 is 20.4 Å². The summed E-state index contributed by atoms with van der Waals surface area (Å²) in [5.74, 6) is -0.460. The number of aryl methyl sites for hydroxylation is 3. The highest BCUT2D eigenvalue weighted by Gasteiger charge is 2.30. The Kier molecular flexibility index (Phi) is 7.80. The molecule has 37 heavy (non-hydrogen) atoms. The molecule has 0 atom stereocenters. The number of anilines is 2. The largest absolute Gasteiger partial charge is 0.483 e. The van der Waals surface area contributed by atoms with Crippen molar-refractivity contribution in [2.45, 2.75) is 27.2 Å². The molecule has 2 N–H and O–H groups in total. The van der Waals surface area contributed by atoms with E-state index in [0.717, 1.165) is 21.7 Å². The third-order valence-corrected chi connectivity index (χ3v) is 6.08. The third kappa shape index (κ3) is 6.28. The molecule has 0 saturated heterocycles. The summed E-state index contributed by atoms with van der Waals surface area (Å²) in [5.41, 5.74) is 3.83. The van der Waals surface area contributed by atoms with Crippen molar-refractivity contribution in [3.8, 4) is 5.75 Å². The molecule has 3 aromatic rings. The third-order valence-electron chi connectivity index (χ3n) is 5.50. The van der Waals surface area contributed by atoms with Crippen molar-refractivity contribution in [1.82, 2.24) is 5.32 Å². The van der Waals surface area contributed by atoms with Gasteiger partial charge in [-0.15, -0.1) is 0 Å². The number of nitrogens with one attached hydrogen (secondary N) is 2. The molecular formula is C27H24Cl2N4O4. The van der Waals surface area contributed by atoms with E-state index in [9.17, 15) is 14.4 Å². The standard InChI is InChI=1S/C27H24Cl2N4O4/c1-15-7-8-22(17(3)9-15)37-14-24(34)30-19-6-4-5-18(12-19)27(36)31-23-13-25(35)33(32-23)26-20(28)10-16(2)11-21(26)29/h4-12H,13-14H2,1-3H3,(H,30,34)(H,31,32,36). The smallest absolute Gasteiger partial charge is 0.262 e. The number of rotatable bonds is 6. The second kappa shape index (κ2) is 11.0. The zero-order valence-electron chi connectivity index (χ0n) is 20.4. The van der Waals surface area contributed by atoms with Gasteiger partial charge in [-0.05, 0) is 68.3 Å². The summed E-state index contributed by atoms with van der Waals surface area (Å²) in [7, 11) is 0. The fraction of sp³-hybridized carbons (Fsp3) is 0.185. The Balaban J connectivity index is 1.40. The van der Waals surface area contributed by atoms with Gasteiger partial charge in [0.15, 0.2) is 6.61 Å². The summed E-state index contributed by atoms with van der Waals surface area (Å²) >= 11 is 12.6. The van der Waals surface area contributed by atoms with Crippen LogP contribution in [0.5, 0.6) is 5.75 Å². The van der Waals surface area contributed by atoms with E-state index < -0.39 is 5.91 Å². The Morgan fingerprint density at radius 2 is 1.70 bits per heavy atom. The molecule has 1 aliphatic heterocycles. The lowest BCUT2D eigenvalue weighted by molar-refractivity contribution is -0.118. The molecular weight excluding hydrogens is 515 g/mol. The number of carbonyl (C=O) groups excluding carboxylic acids is 3. The molecule has 1 heterocycles. The monoisotopic (exact) mass is 538 g/mol. The van der Waals surface area contributed by atoms with E-state index >= 15 is 0 Å². The summed E-state index contributed by atoms with van der Waals surface area (Å²) in [6.07, 6.45) is -0.127. The summed E-state index contributed by atoms with van der Waals surface area (Å²) < 4.78 is 5.61. The molecule has 0 aliphatic carbocycles. The number of carbonyl (C=O) groups is 3. The van der Waals surface area contributed by atoms with Crippen LogP contribution in [0.4, 0.5) is 11.4 Å². The molecule has 0 aromatic heterocycles. The Bertz CT molecular complexity index is 1410. The Hall–Kier alpha value is -3.88. The van der Waals surface area contributed by atoms with Crippen molar-refractivity contribution in [1.29, 1.82) is 0 Å². The van der Waals surface area contributed by atoms with Gasteiger partial charge in [0.05, 0.1) is 16.5 Å². The fourth-order valence-corrected chi connectivity index (χ4v) is 4.57. The van der Waals surface area contributed by atoms with Crippen LogP contribution in [0.15, 0.2) is 59.7 Å². The number of ether oxygens (including phenoxy) is 1. The number of nitrogens with zero attached hydrogens (tertiary/aromatic N) is 2. The molecule has 0 fully saturated rings. The van der Waals surface area contributed by atoms with Crippen molar-refractivity contribution in [2.75, 3.05) is 16.9 Å². The Labute approximate surface area is 224 Å². The second-order valence-electron chi connectivity index (χ2n) is 8.65. The van der Waals surface area contributed by atoms with E-state index in [1.807, 2.05) is 39.0 Å². The lowest BCUT2D eigenvalue weighted by Gasteiger charge is -2.15. The van der Waals surface area contributed by atoms with Crippen LogP contribution in [0.3, 0.4) is 0 Å². The maximum Gasteiger partial charge on any atom is 0.262 e. The normalized spacial score (nSPS) is 12.8. The first kappa shape index (κ1) is 26.2. The SMILES string of the molecule is Cc1ccc(OCC(=O)Nc2cccc(C(=O)NC3=NN(c4c(Cl)cc(C)cc4Cl)C(=O)C3)c2)c(C)c1. The Morgan fingerprint density at radius 1 is 0.973 bits per heavy atom. The molecule has 190 valence electrons. The highest BCUT2D eigenvalue weighted by Crippen LogP contribution is 2.36. The van der Waals surface area contributed by atoms with Gasteiger partial charge in [-0.2, -0.15) is 10.1 Å². The number of amidine groups is 1. The van der Waals surface area contributed by atoms with Crippen LogP contribution in [-0.2, 0) is 9.59 Å². The number of halogens is 2. The van der Waals surface area contributed by atoms with Gasteiger partial charge >= 0.3 is 0 Å². The van der Waals surface area contributed by atoms with E-state index in [4.69, 9.17) is 27.9 Å². The molecule has 0 radical (unpaired) electrons. The van der Waals surface area contributed by atoms with Crippen molar-refractivity contribution in [3.05, 3.63) is 86.9 Å². The van der Waals surface area contributed by atoms with Crippen LogP contribution in [0.25, 0.3) is 0 Å². The topological polar surface area (TPSA) is 100 Å². The predicted octanol–water partition coefficient (Wildman–Crippen LogP) is 5.42. The van der Waals surface area contributed by atoms with Gasteiger partial charge in [-0.3, -0.25) is 14.4 Å². The Morgan fingerprint density at radius 3 is 2.41 bits per heavy atom. The zero-order valence-corrected chi connectivity index (χ0v) is 21.9. The van der Waals surface area contributed by atoms with Gasteiger partial charge in [0, 0.05) is 11.3 Å². The van der Waals surface area contributed by atoms with E-state index in [1.54, 1.807) is 30.3 Å². The van der Waals surface area contributed by atoms with Crippen molar-refractivity contribution in [3.63, 3.8) is 0 Å². The fourth-order valence-electron chi connectivity index (χ4n) is 3.81. The molecule has 1 aliphatic rings. The van der Waals surface area contributed by atoms with Crippen LogP contribution >= 0.6 is 23.2 Å². The van der Waals surface area contributed by atoms with Crippen molar-refractivity contribution < 1.29 is 19.1 Å². The van der Waals surface area contributed by atoms with E-state index in [0.29, 0.717) is 11.4 Å². The molecule has 8 nitrogen and oxygen atoms in total. The minimum absolute atomic E-state index is 0.127. The number of hydrogen-bond donors (Lipinski definition) is 2. The van der Waals surface area contributed by atoms with Gasteiger partial charge in [-0.25, -0.2) is 0 Å². The lowest BCUT2D eigenvalue weighted by atomic mass is 10.1. The van der Waals surface area contributed by atoms with E-state index in [-0.39, 0.29) is 52.0 Å². The van der Waals surface area contributed by atoms with Crippen molar-refractivity contribution >= 4 is 58.1 Å². The molecule has 3 amide bonds. The molecule has 4 rings (SSSR count). The van der Waals surface area contributed by atoms with Crippen LogP contribution in [0.2, 0.25) is 10.0 Å². The zero-order chi connectivity index (χ0) is 26.7. The summed E-state index contributed by atoms with van der Waals surface area (Å²) in [5, 5.41) is 11.2. The average molecular weight is 539 g/mol. The van der Waals surface area contributed by atoms with E-state index in [1.165, 1.54) is 6.07 Å². The first-order chi connectivity index (χ1) is 17.6. The second-order valence-corrected chi connectivity index (χ2v) is 9.46. The minimum atomic E-state index is -0.489. The van der Waals surface area contributed by atoms with Gasteiger partial charge in [0.1, 0.15) is 17.3 Å². The molecule has 10 heteroatoms.